The van der Waals surface area contributed by atoms with Crippen LogP contribution in [0.5, 0.6) is 0 Å². The standard InChI is InChI=1S/C20H23FN2O2/c1-15-13-23(20(24)25-14-16-7-3-2-4-8-16)12-11-18(15)22-19-10-6-5-9-17(19)21/h2-10,15,18,22H,11-14H2,1H3/t15-,18+/m1/s1. The lowest BCUT2D eigenvalue weighted by molar-refractivity contribution is 0.0786. The highest BCUT2D eigenvalue weighted by molar-refractivity contribution is 5.67. The van der Waals surface area contributed by atoms with Gasteiger partial charge in [-0.25, -0.2) is 9.18 Å². The normalized spacial score (nSPS) is 20.2. The van der Waals surface area contributed by atoms with Gasteiger partial charge < -0.3 is 15.0 Å². The van der Waals surface area contributed by atoms with Gasteiger partial charge in [0.1, 0.15) is 12.4 Å². The second-order valence-electron chi connectivity index (χ2n) is 6.48. The summed E-state index contributed by atoms with van der Waals surface area (Å²) < 4.78 is 19.2. The van der Waals surface area contributed by atoms with Gasteiger partial charge in [-0.05, 0) is 30.0 Å². The molecule has 1 fully saturated rings. The zero-order chi connectivity index (χ0) is 17.6. The first-order valence-electron chi connectivity index (χ1n) is 8.60. The highest BCUT2D eigenvalue weighted by Gasteiger charge is 2.29. The molecule has 4 nitrogen and oxygen atoms in total. The van der Waals surface area contributed by atoms with E-state index in [1.807, 2.05) is 36.4 Å². The quantitative estimate of drug-likeness (QED) is 0.901. The topological polar surface area (TPSA) is 41.6 Å². The molecule has 2 aromatic rings. The number of benzene rings is 2. The molecule has 0 saturated carbocycles. The van der Waals surface area contributed by atoms with Crippen molar-refractivity contribution in [1.82, 2.24) is 4.90 Å². The third-order valence-electron chi connectivity index (χ3n) is 4.58. The van der Waals surface area contributed by atoms with Gasteiger partial charge in [-0.3, -0.25) is 0 Å². The van der Waals surface area contributed by atoms with Crippen molar-refractivity contribution in [3.8, 4) is 0 Å². The van der Waals surface area contributed by atoms with E-state index in [1.165, 1.54) is 6.07 Å². The lowest BCUT2D eigenvalue weighted by Gasteiger charge is -2.37. The molecular formula is C20H23FN2O2. The van der Waals surface area contributed by atoms with E-state index in [4.69, 9.17) is 4.74 Å². The van der Waals surface area contributed by atoms with Gasteiger partial charge >= 0.3 is 6.09 Å². The zero-order valence-electron chi connectivity index (χ0n) is 14.3. The van der Waals surface area contributed by atoms with E-state index < -0.39 is 0 Å². The second kappa shape index (κ2) is 8.01. The molecule has 2 aromatic carbocycles. The molecular weight excluding hydrogens is 319 g/mol. The number of piperidine rings is 1. The molecule has 0 radical (unpaired) electrons. The monoisotopic (exact) mass is 342 g/mol. The lowest BCUT2D eigenvalue weighted by atomic mass is 9.94. The van der Waals surface area contributed by atoms with Gasteiger partial charge in [0.15, 0.2) is 0 Å². The van der Waals surface area contributed by atoms with Crippen LogP contribution >= 0.6 is 0 Å². The maximum atomic E-state index is 13.8. The number of carbonyl (C=O) groups excluding carboxylic acids is 1. The van der Waals surface area contributed by atoms with Crippen molar-refractivity contribution < 1.29 is 13.9 Å². The predicted octanol–water partition coefficient (Wildman–Crippen LogP) is 4.28. The van der Waals surface area contributed by atoms with Crippen LogP contribution in [0.25, 0.3) is 0 Å². The van der Waals surface area contributed by atoms with Gasteiger partial charge in [0.25, 0.3) is 0 Å². The Bertz CT molecular complexity index is 708. The molecule has 132 valence electrons. The summed E-state index contributed by atoms with van der Waals surface area (Å²) in [5.74, 6) is -0.0444. The van der Waals surface area contributed by atoms with Gasteiger partial charge in [0.05, 0.1) is 5.69 Å². The summed E-state index contributed by atoms with van der Waals surface area (Å²) in [5.41, 5.74) is 1.49. The Hall–Kier alpha value is -2.56. The number of para-hydroxylation sites is 1. The summed E-state index contributed by atoms with van der Waals surface area (Å²) in [4.78, 5) is 14.0. The van der Waals surface area contributed by atoms with Gasteiger partial charge in [-0.15, -0.1) is 0 Å². The highest BCUT2D eigenvalue weighted by Crippen LogP contribution is 2.23. The number of amides is 1. The smallest absolute Gasteiger partial charge is 0.410 e. The molecule has 2 atom stereocenters. The average Bonchev–Trinajstić information content (AvgIpc) is 2.64. The van der Waals surface area contributed by atoms with Crippen LogP contribution in [0.1, 0.15) is 18.9 Å². The third kappa shape index (κ3) is 4.50. The number of hydrogen-bond acceptors (Lipinski definition) is 3. The Kier molecular flexibility index (Phi) is 5.53. The summed E-state index contributed by atoms with van der Waals surface area (Å²) in [6, 6.07) is 16.4. The Morgan fingerprint density at radius 3 is 2.64 bits per heavy atom. The number of likely N-dealkylation sites (tertiary alicyclic amines) is 1. The Morgan fingerprint density at radius 1 is 1.20 bits per heavy atom. The molecule has 1 N–H and O–H groups in total. The zero-order valence-corrected chi connectivity index (χ0v) is 14.3. The Balaban J connectivity index is 1.51. The Morgan fingerprint density at radius 2 is 1.92 bits per heavy atom. The van der Waals surface area contributed by atoms with Gasteiger partial charge in [-0.1, -0.05) is 49.4 Å². The maximum absolute atomic E-state index is 13.8. The van der Waals surface area contributed by atoms with E-state index in [0.29, 0.717) is 18.8 Å². The first-order valence-corrected chi connectivity index (χ1v) is 8.60. The van der Waals surface area contributed by atoms with Crippen molar-refractivity contribution in [2.45, 2.75) is 26.0 Å². The molecule has 3 rings (SSSR count). The van der Waals surface area contributed by atoms with Crippen LogP contribution in [0.15, 0.2) is 54.6 Å². The summed E-state index contributed by atoms with van der Waals surface area (Å²) in [6.45, 7) is 3.54. The number of nitrogens with zero attached hydrogens (tertiary/aromatic N) is 1. The number of ether oxygens (including phenoxy) is 1. The van der Waals surface area contributed by atoms with E-state index in [-0.39, 0.29) is 30.5 Å². The minimum Gasteiger partial charge on any atom is -0.445 e. The van der Waals surface area contributed by atoms with Crippen LogP contribution in [-0.4, -0.2) is 30.1 Å². The molecule has 25 heavy (non-hydrogen) atoms. The van der Waals surface area contributed by atoms with Crippen LogP contribution in [0, 0.1) is 11.7 Å². The van der Waals surface area contributed by atoms with E-state index in [2.05, 4.69) is 12.2 Å². The van der Waals surface area contributed by atoms with Crippen molar-refractivity contribution in [1.29, 1.82) is 0 Å². The van der Waals surface area contributed by atoms with Crippen LogP contribution in [0.2, 0.25) is 0 Å². The summed E-state index contributed by atoms with van der Waals surface area (Å²) in [6.07, 6.45) is 0.468. The number of nitrogens with one attached hydrogen (secondary N) is 1. The fraction of sp³-hybridized carbons (Fsp3) is 0.350. The largest absolute Gasteiger partial charge is 0.445 e. The molecule has 0 spiro atoms. The maximum Gasteiger partial charge on any atom is 0.410 e. The summed E-state index contributed by atoms with van der Waals surface area (Å²) in [5, 5.41) is 3.26. The molecule has 1 saturated heterocycles. The Labute approximate surface area is 147 Å². The van der Waals surface area contributed by atoms with Gasteiger partial charge in [0.2, 0.25) is 0 Å². The van der Waals surface area contributed by atoms with Crippen LogP contribution in [0.3, 0.4) is 0 Å². The minimum absolute atomic E-state index is 0.134. The number of anilines is 1. The van der Waals surface area contributed by atoms with Crippen molar-refractivity contribution in [2.75, 3.05) is 18.4 Å². The van der Waals surface area contributed by atoms with Crippen LogP contribution in [0.4, 0.5) is 14.9 Å². The third-order valence-corrected chi connectivity index (χ3v) is 4.58. The molecule has 0 unspecified atom stereocenters. The highest BCUT2D eigenvalue weighted by atomic mass is 19.1. The molecule has 1 aliphatic heterocycles. The average molecular weight is 342 g/mol. The van der Waals surface area contributed by atoms with Crippen molar-refractivity contribution in [3.05, 3.63) is 66.0 Å². The fourth-order valence-corrected chi connectivity index (χ4v) is 3.11. The number of rotatable bonds is 4. The molecule has 1 amide bonds. The van der Waals surface area contributed by atoms with Crippen molar-refractivity contribution in [3.63, 3.8) is 0 Å². The number of halogens is 1. The molecule has 5 heteroatoms. The number of carbonyl (C=O) groups is 1. The molecule has 0 aliphatic carbocycles. The number of hydrogen-bond donors (Lipinski definition) is 1. The van der Waals surface area contributed by atoms with E-state index in [0.717, 1.165) is 12.0 Å². The van der Waals surface area contributed by atoms with Gasteiger partial charge in [-0.2, -0.15) is 0 Å². The molecule has 1 aliphatic rings. The van der Waals surface area contributed by atoms with Gasteiger partial charge in [0, 0.05) is 19.1 Å². The van der Waals surface area contributed by atoms with E-state index in [9.17, 15) is 9.18 Å². The summed E-state index contributed by atoms with van der Waals surface area (Å²) >= 11 is 0. The van der Waals surface area contributed by atoms with Crippen molar-refractivity contribution in [2.24, 2.45) is 5.92 Å². The summed E-state index contributed by atoms with van der Waals surface area (Å²) in [7, 11) is 0. The SMILES string of the molecule is C[C@@H]1CN(C(=O)OCc2ccccc2)CC[C@@H]1Nc1ccccc1F. The first-order chi connectivity index (χ1) is 12.1. The fourth-order valence-electron chi connectivity index (χ4n) is 3.11. The van der Waals surface area contributed by atoms with Crippen molar-refractivity contribution >= 4 is 11.8 Å². The first kappa shape index (κ1) is 17.3. The van der Waals surface area contributed by atoms with E-state index in [1.54, 1.807) is 17.0 Å². The van der Waals surface area contributed by atoms with Crippen LogP contribution in [-0.2, 0) is 11.3 Å². The predicted molar refractivity (Wildman–Crippen MR) is 95.8 cm³/mol. The molecule has 1 heterocycles. The minimum atomic E-state index is -0.292. The second-order valence-corrected chi connectivity index (χ2v) is 6.48. The lowest BCUT2D eigenvalue weighted by Crippen LogP contribution is -2.47. The molecule has 0 aromatic heterocycles. The van der Waals surface area contributed by atoms with E-state index >= 15 is 0 Å². The molecule has 0 bridgehead atoms. The van der Waals surface area contributed by atoms with Crippen LogP contribution < -0.4 is 5.32 Å².